The molecular formula is C15H21FN2O. The Balaban J connectivity index is 1.79. The van der Waals surface area contributed by atoms with Gasteiger partial charge in [-0.05, 0) is 37.5 Å². The lowest BCUT2D eigenvalue weighted by molar-refractivity contribution is -0.120. The Bertz CT molecular complexity index is 442. The van der Waals surface area contributed by atoms with Crippen molar-refractivity contribution in [2.75, 3.05) is 11.9 Å². The molecule has 19 heavy (non-hydrogen) atoms. The number of anilines is 1. The van der Waals surface area contributed by atoms with Gasteiger partial charge in [0.1, 0.15) is 5.82 Å². The number of aryl methyl sites for hydroxylation is 1. The number of nitrogens with one attached hydrogen (secondary N) is 2. The van der Waals surface area contributed by atoms with E-state index in [1.165, 1.54) is 25.3 Å². The van der Waals surface area contributed by atoms with Crippen LogP contribution in [0.1, 0.15) is 37.7 Å². The van der Waals surface area contributed by atoms with Crippen molar-refractivity contribution in [2.45, 2.75) is 45.1 Å². The molecule has 1 amide bonds. The summed E-state index contributed by atoms with van der Waals surface area (Å²) in [5.41, 5.74) is 1.25. The van der Waals surface area contributed by atoms with Gasteiger partial charge in [0.2, 0.25) is 5.91 Å². The normalized spacial score (nSPS) is 16.1. The largest absolute Gasteiger partial charge is 0.374 e. The number of halogens is 1. The highest BCUT2D eigenvalue weighted by atomic mass is 19.1. The second-order valence-electron chi connectivity index (χ2n) is 5.24. The van der Waals surface area contributed by atoms with Gasteiger partial charge in [-0.1, -0.05) is 25.3 Å². The van der Waals surface area contributed by atoms with Crippen LogP contribution >= 0.6 is 0 Å². The van der Waals surface area contributed by atoms with Gasteiger partial charge in [-0.2, -0.15) is 0 Å². The van der Waals surface area contributed by atoms with E-state index >= 15 is 0 Å². The number of carbonyl (C=O) groups excluding carboxylic acids is 1. The van der Waals surface area contributed by atoms with Crippen LogP contribution in [0.25, 0.3) is 0 Å². The van der Waals surface area contributed by atoms with Gasteiger partial charge in [0, 0.05) is 6.04 Å². The first-order valence-electron chi connectivity index (χ1n) is 6.94. The summed E-state index contributed by atoms with van der Waals surface area (Å²) in [5, 5.41) is 5.84. The van der Waals surface area contributed by atoms with E-state index in [0.717, 1.165) is 18.4 Å². The average Bonchev–Trinajstić information content (AvgIpc) is 2.39. The molecule has 0 aromatic heterocycles. The Labute approximate surface area is 113 Å². The van der Waals surface area contributed by atoms with Crippen molar-refractivity contribution in [1.29, 1.82) is 0 Å². The average molecular weight is 264 g/mol. The van der Waals surface area contributed by atoms with E-state index in [0.29, 0.717) is 11.7 Å². The van der Waals surface area contributed by atoms with Gasteiger partial charge in [0.25, 0.3) is 0 Å². The van der Waals surface area contributed by atoms with Gasteiger partial charge in [-0.25, -0.2) is 4.39 Å². The number of benzene rings is 1. The smallest absolute Gasteiger partial charge is 0.239 e. The van der Waals surface area contributed by atoms with E-state index in [1.807, 2.05) is 13.0 Å². The van der Waals surface area contributed by atoms with Crippen LogP contribution in [0.2, 0.25) is 0 Å². The van der Waals surface area contributed by atoms with Crippen molar-refractivity contribution in [2.24, 2.45) is 0 Å². The summed E-state index contributed by atoms with van der Waals surface area (Å²) in [4.78, 5) is 11.8. The molecule has 0 atom stereocenters. The quantitative estimate of drug-likeness (QED) is 0.877. The molecular weight excluding hydrogens is 243 g/mol. The summed E-state index contributed by atoms with van der Waals surface area (Å²) in [6.07, 6.45) is 5.75. The van der Waals surface area contributed by atoms with Crippen LogP contribution in [-0.4, -0.2) is 18.5 Å². The maximum atomic E-state index is 13.6. The van der Waals surface area contributed by atoms with Gasteiger partial charge < -0.3 is 10.6 Å². The molecule has 2 N–H and O–H groups in total. The summed E-state index contributed by atoms with van der Waals surface area (Å²) in [6.45, 7) is 1.96. The Morgan fingerprint density at radius 2 is 2.05 bits per heavy atom. The Morgan fingerprint density at radius 3 is 2.74 bits per heavy atom. The minimum Gasteiger partial charge on any atom is -0.374 e. The van der Waals surface area contributed by atoms with E-state index in [4.69, 9.17) is 0 Å². The third-order valence-electron chi connectivity index (χ3n) is 3.53. The van der Waals surface area contributed by atoms with E-state index < -0.39 is 0 Å². The van der Waals surface area contributed by atoms with Crippen LogP contribution in [0, 0.1) is 12.7 Å². The van der Waals surface area contributed by atoms with Gasteiger partial charge in [0.05, 0.1) is 12.2 Å². The third kappa shape index (κ3) is 4.23. The first-order chi connectivity index (χ1) is 9.15. The summed E-state index contributed by atoms with van der Waals surface area (Å²) in [6, 6.07) is 5.25. The van der Waals surface area contributed by atoms with E-state index in [-0.39, 0.29) is 18.3 Å². The zero-order chi connectivity index (χ0) is 13.7. The predicted molar refractivity (Wildman–Crippen MR) is 74.6 cm³/mol. The maximum absolute atomic E-state index is 13.6. The first kappa shape index (κ1) is 13.8. The molecule has 1 fully saturated rings. The van der Waals surface area contributed by atoms with Crippen LogP contribution in [0.4, 0.5) is 10.1 Å². The molecule has 4 heteroatoms. The minimum atomic E-state index is -0.314. The van der Waals surface area contributed by atoms with Crippen LogP contribution in [0.15, 0.2) is 18.2 Å². The van der Waals surface area contributed by atoms with Crippen LogP contribution in [-0.2, 0) is 4.79 Å². The van der Waals surface area contributed by atoms with Gasteiger partial charge in [0.15, 0.2) is 0 Å². The molecule has 1 saturated carbocycles. The summed E-state index contributed by atoms with van der Waals surface area (Å²) in [5.74, 6) is -0.377. The molecule has 3 nitrogen and oxygen atoms in total. The van der Waals surface area contributed by atoms with Crippen molar-refractivity contribution in [3.63, 3.8) is 0 Å². The lowest BCUT2D eigenvalue weighted by Gasteiger charge is -2.22. The van der Waals surface area contributed by atoms with Gasteiger partial charge >= 0.3 is 0 Å². The molecule has 0 heterocycles. The molecule has 1 aliphatic rings. The van der Waals surface area contributed by atoms with Crippen LogP contribution < -0.4 is 10.6 Å². The molecule has 0 spiro atoms. The summed E-state index contributed by atoms with van der Waals surface area (Å²) in [7, 11) is 0. The van der Waals surface area contributed by atoms with Crippen molar-refractivity contribution in [3.05, 3.63) is 29.6 Å². The van der Waals surface area contributed by atoms with Crippen molar-refractivity contribution < 1.29 is 9.18 Å². The van der Waals surface area contributed by atoms with Gasteiger partial charge in [-0.15, -0.1) is 0 Å². The molecule has 104 valence electrons. The van der Waals surface area contributed by atoms with E-state index in [2.05, 4.69) is 10.6 Å². The highest BCUT2D eigenvalue weighted by Gasteiger charge is 2.15. The minimum absolute atomic E-state index is 0.0631. The van der Waals surface area contributed by atoms with Crippen molar-refractivity contribution in [1.82, 2.24) is 5.32 Å². The SMILES string of the molecule is Cc1ccc(NCC(=O)NC2CCCCC2)c(F)c1. The number of rotatable bonds is 4. The molecule has 1 aliphatic carbocycles. The number of hydrogen-bond donors (Lipinski definition) is 2. The zero-order valence-electron chi connectivity index (χ0n) is 11.3. The second-order valence-corrected chi connectivity index (χ2v) is 5.24. The molecule has 0 unspecified atom stereocenters. The molecule has 0 saturated heterocycles. The molecule has 1 aromatic carbocycles. The fourth-order valence-corrected chi connectivity index (χ4v) is 2.46. The topological polar surface area (TPSA) is 41.1 Å². The molecule has 2 rings (SSSR count). The molecule has 0 radical (unpaired) electrons. The van der Waals surface area contributed by atoms with Crippen LogP contribution in [0.3, 0.4) is 0 Å². The summed E-state index contributed by atoms with van der Waals surface area (Å²) >= 11 is 0. The molecule has 0 aliphatic heterocycles. The zero-order valence-corrected chi connectivity index (χ0v) is 11.3. The highest BCUT2D eigenvalue weighted by Crippen LogP contribution is 2.17. The fourth-order valence-electron chi connectivity index (χ4n) is 2.46. The maximum Gasteiger partial charge on any atom is 0.239 e. The Morgan fingerprint density at radius 1 is 1.32 bits per heavy atom. The second kappa shape index (κ2) is 6.55. The number of amides is 1. The van der Waals surface area contributed by atoms with Crippen LogP contribution in [0.5, 0.6) is 0 Å². The number of carbonyl (C=O) groups is 1. The van der Waals surface area contributed by atoms with E-state index in [1.54, 1.807) is 6.07 Å². The standard InChI is InChI=1S/C15H21FN2O/c1-11-7-8-14(13(16)9-11)17-10-15(19)18-12-5-3-2-4-6-12/h7-9,12,17H,2-6,10H2,1H3,(H,18,19). The first-order valence-corrected chi connectivity index (χ1v) is 6.94. The molecule has 1 aromatic rings. The summed E-state index contributed by atoms with van der Waals surface area (Å²) < 4.78 is 13.6. The van der Waals surface area contributed by atoms with Crippen molar-refractivity contribution >= 4 is 11.6 Å². The number of hydrogen-bond acceptors (Lipinski definition) is 2. The van der Waals surface area contributed by atoms with Gasteiger partial charge in [-0.3, -0.25) is 4.79 Å². The fraction of sp³-hybridized carbons (Fsp3) is 0.533. The monoisotopic (exact) mass is 264 g/mol. The Hall–Kier alpha value is -1.58. The molecule has 0 bridgehead atoms. The van der Waals surface area contributed by atoms with E-state index in [9.17, 15) is 9.18 Å². The van der Waals surface area contributed by atoms with Crippen molar-refractivity contribution in [3.8, 4) is 0 Å². The lowest BCUT2D eigenvalue weighted by atomic mass is 9.95. The highest BCUT2D eigenvalue weighted by molar-refractivity contribution is 5.81. The predicted octanol–water partition coefficient (Wildman–Crippen LogP) is 2.99. The Kier molecular flexibility index (Phi) is 4.77. The lowest BCUT2D eigenvalue weighted by Crippen LogP contribution is -2.39. The third-order valence-corrected chi connectivity index (χ3v) is 3.53.